The Kier molecular flexibility index (Phi) is 4.16. The van der Waals surface area contributed by atoms with Gasteiger partial charge >= 0.3 is 6.03 Å². The van der Waals surface area contributed by atoms with Crippen LogP contribution in [0.15, 0.2) is 30.3 Å². The molecular formula is C17H23N3O. The number of aromatic nitrogens is 1. The molecule has 2 N–H and O–H groups in total. The van der Waals surface area contributed by atoms with E-state index >= 15 is 0 Å². The van der Waals surface area contributed by atoms with Gasteiger partial charge in [-0.3, -0.25) is 4.98 Å². The minimum Gasteiger partial charge on any atom is -0.336 e. The molecule has 0 aliphatic carbocycles. The van der Waals surface area contributed by atoms with E-state index in [1.54, 1.807) is 0 Å². The molecule has 4 heteroatoms. The smallest absolute Gasteiger partial charge is 0.319 e. The Morgan fingerprint density at radius 3 is 2.43 bits per heavy atom. The van der Waals surface area contributed by atoms with E-state index in [-0.39, 0.29) is 17.5 Å². The van der Waals surface area contributed by atoms with E-state index in [0.29, 0.717) is 0 Å². The van der Waals surface area contributed by atoms with E-state index in [0.717, 1.165) is 22.3 Å². The van der Waals surface area contributed by atoms with Crippen LogP contribution in [0.2, 0.25) is 0 Å². The predicted octanol–water partition coefficient (Wildman–Crippen LogP) is 4.06. The Morgan fingerprint density at radius 1 is 1.14 bits per heavy atom. The summed E-state index contributed by atoms with van der Waals surface area (Å²) in [6.45, 7) is 10.3. The lowest BCUT2D eigenvalue weighted by atomic mass is 9.91. The Labute approximate surface area is 126 Å². The number of carbonyl (C=O) groups is 1. The average Bonchev–Trinajstić information content (AvgIpc) is 2.35. The van der Waals surface area contributed by atoms with Gasteiger partial charge in [0.15, 0.2) is 0 Å². The summed E-state index contributed by atoms with van der Waals surface area (Å²) in [5.41, 5.74) is 2.69. The molecule has 1 aromatic carbocycles. The second kappa shape index (κ2) is 5.72. The summed E-state index contributed by atoms with van der Waals surface area (Å²) in [5, 5.41) is 6.71. The second-order valence-electron chi connectivity index (χ2n) is 6.61. The highest BCUT2D eigenvalue weighted by atomic mass is 16.2. The lowest BCUT2D eigenvalue weighted by Gasteiger charge is -2.18. The number of hydrogen-bond donors (Lipinski definition) is 2. The summed E-state index contributed by atoms with van der Waals surface area (Å²) >= 11 is 0. The van der Waals surface area contributed by atoms with Gasteiger partial charge in [0.2, 0.25) is 0 Å². The molecule has 0 bridgehead atoms. The number of nitrogens with one attached hydrogen (secondary N) is 2. The third-order valence-electron chi connectivity index (χ3n) is 3.14. The number of anilines is 1. The van der Waals surface area contributed by atoms with Crippen molar-refractivity contribution in [2.75, 3.05) is 5.32 Å². The number of amides is 2. The van der Waals surface area contributed by atoms with E-state index in [9.17, 15) is 4.79 Å². The van der Waals surface area contributed by atoms with Crippen LogP contribution in [0.4, 0.5) is 10.5 Å². The maximum Gasteiger partial charge on any atom is 0.319 e. The summed E-state index contributed by atoms with van der Waals surface area (Å²) in [6, 6.07) is 9.81. The van der Waals surface area contributed by atoms with Crippen molar-refractivity contribution in [2.45, 2.75) is 46.1 Å². The van der Waals surface area contributed by atoms with Gasteiger partial charge < -0.3 is 10.6 Å². The standard InChI is InChI=1S/C17H23N3O/c1-11(2)18-16(21)19-13-8-6-12-7-9-15(17(3,4)5)20-14(12)10-13/h6-11H,1-5H3,(H2,18,19,21). The number of rotatable bonds is 2. The van der Waals surface area contributed by atoms with Crippen LogP contribution in [0.1, 0.15) is 40.3 Å². The minimum atomic E-state index is -0.198. The monoisotopic (exact) mass is 285 g/mol. The van der Waals surface area contributed by atoms with Crippen LogP contribution in [0, 0.1) is 0 Å². The molecule has 0 aliphatic rings. The molecule has 0 saturated heterocycles. The SMILES string of the molecule is CC(C)NC(=O)Nc1ccc2ccc(C(C)(C)C)nc2c1. The zero-order chi connectivity index (χ0) is 15.6. The maximum absolute atomic E-state index is 11.7. The van der Waals surface area contributed by atoms with Crippen LogP contribution >= 0.6 is 0 Å². The van der Waals surface area contributed by atoms with Crippen molar-refractivity contribution in [1.29, 1.82) is 0 Å². The Balaban J connectivity index is 2.29. The van der Waals surface area contributed by atoms with Gasteiger partial charge in [0.05, 0.1) is 5.52 Å². The van der Waals surface area contributed by atoms with E-state index in [1.807, 2.05) is 32.0 Å². The van der Waals surface area contributed by atoms with Crippen LogP contribution in [0.25, 0.3) is 10.9 Å². The number of carbonyl (C=O) groups excluding carboxylic acids is 1. The van der Waals surface area contributed by atoms with Crippen LogP contribution in [-0.2, 0) is 5.41 Å². The molecule has 2 amide bonds. The fourth-order valence-corrected chi connectivity index (χ4v) is 2.04. The minimum absolute atomic E-state index is 0.00659. The summed E-state index contributed by atoms with van der Waals surface area (Å²) < 4.78 is 0. The molecule has 21 heavy (non-hydrogen) atoms. The topological polar surface area (TPSA) is 54.0 Å². The molecule has 2 rings (SSSR count). The van der Waals surface area contributed by atoms with Crippen LogP contribution < -0.4 is 10.6 Å². The van der Waals surface area contributed by atoms with Crippen molar-refractivity contribution in [3.8, 4) is 0 Å². The fourth-order valence-electron chi connectivity index (χ4n) is 2.04. The van der Waals surface area contributed by atoms with Crippen LogP contribution in [-0.4, -0.2) is 17.1 Å². The van der Waals surface area contributed by atoms with Crippen molar-refractivity contribution in [2.24, 2.45) is 0 Å². The maximum atomic E-state index is 11.7. The molecule has 0 unspecified atom stereocenters. The molecule has 0 fully saturated rings. The number of nitrogens with zero attached hydrogens (tertiary/aromatic N) is 1. The molecular weight excluding hydrogens is 262 g/mol. The van der Waals surface area contributed by atoms with Gasteiger partial charge in [-0.15, -0.1) is 0 Å². The Morgan fingerprint density at radius 2 is 1.81 bits per heavy atom. The molecule has 1 heterocycles. The zero-order valence-corrected chi connectivity index (χ0v) is 13.3. The van der Waals surface area contributed by atoms with Gasteiger partial charge in [-0.25, -0.2) is 4.79 Å². The first-order valence-electron chi connectivity index (χ1n) is 7.24. The number of urea groups is 1. The van der Waals surface area contributed by atoms with Crippen molar-refractivity contribution in [1.82, 2.24) is 10.3 Å². The Bertz CT molecular complexity index is 657. The van der Waals surface area contributed by atoms with Gasteiger partial charge in [-0.1, -0.05) is 32.9 Å². The largest absolute Gasteiger partial charge is 0.336 e. The molecule has 1 aromatic heterocycles. The summed E-state index contributed by atoms with van der Waals surface area (Å²) in [7, 11) is 0. The van der Waals surface area contributed by atoms with Gasteiger partial charge in [0.25, 0.3) is 0 Å². The molecule has 4 nitrogen and oxygen atoms in total. The van der Waals surface area contributed by atoms with Crippen molar-refractivity contribution in [3.05, 3.63) is 36.0 Å². The number of benzene rings is 1. The summed E-state index contributed by atoms with van der Waals surface area (Å²) in [4.78, 5) is 16.4. The van der Waals surface area contributed by atoms with Crippen molar-refractivity contribution >= 4 is 22.6 Å². The lowest BCUT2D eigenvalue weighted by Crippen LogP contribution is -2.34. The van der Waals surface area contributed by atoms with E-state index < -0.39 is 0 Å². The summed E-state index contributed by atoms with van der Waals surface area (Å²) in [6.07, 6.45) is 0. The average molecular weight is 285 g/mol. The Hall–Kier alpha value is -2.10. The van der Waals surface area contributed by atoms with E-state index in [2.05, 4.69) is 43.5 Å². The number of pyridine rings is 1. The van der Waals surface area contributed by atoms with Crippen LogP contribution in [0.3, 0.4) is 0 Å². The highest BCUT2D eigenvalue weighted by Gasteiger charge is 2.15. The first-order valence-corrected chi connectivity index (χ1v) is 7.24. The predicted molar refractivity (Wildman–Crippen MR) is 87.7 cm³/mol. The molecule has 0 saturated carbocycles. The van der Waals surface area contributed by atoms with Gasteiger partial charge in [-0.2, -0.15) is 0 Å². The van der Waals surface area contributed by atoms with Crippen LogP contribution in [0.5, 0.6) is 0 Å². The lowest BCUT2D eigenvalue weighted by molar-refractivity contribution is 0.250. The second-order valence-corrected chi connectivity index (χ2v) is 6.61. The van der Waals surface area contributed by atoms with E-state index in [4.69, 9.17) is 4.98 Å². The molecule has 112 valence electrons. The third-order valence-corrected chi connectivity index (χ3v) is 3.14. The van der Waals surface area contributed by atoms with Crippen molar-refractivity contribution in [3.63, 3.8) is 0 Å². The normalized spacial score (nSPS) is 11.7. The third kappa shape index (κ3) is 3.94. The molecule has 0 atom stereocenters. The van der Waals surface area contributed by atoms with Gasteiger partial charge in [0, 0.05) is 28.2 Å². The molecule has 0 spiro atoms. The van der Waals surface area contributed by atoms with E-state index in [1.165, 1.54) is 0 Å². The fraction of sp³-hybridized carbons (Fsp3) is 0.412. The molecule has 0 aliphatic heterocycles. The first kappa shape index (κ1) is 15.3. The molecule has 0 radical (unpaired) electrons. The number of hydrogen-bond acceptors (Lipinski definition) is 2. The zero-order valence-electron chi connectivity index (χ0n) is 13.3. The molecule has 2 aromatic rings. The highest BCUT2D eigenvalue weighted by Crippen LogP contribution is 2.24. The van der Waals surface area contributed by atoms with Gasteiger partial charge in [0.1, 0.15) is 0 Å². The quantitative estimate of drug-likeness (QED) is 0.874. The highest BCUT2D eigenvalue weighted by molar-refractivity contribution is 5.92. The summed E-state index contributed by atoms with van der Waals surface area (Å²) in [5.74, 6) is 0. The van der Waals surface area contributed by atoms with Gasteiger partial charge in [-0.05, 0) is 32.0 Å². The van der Waals surface area contributed by atoms with Crippen molar-refractivity contribution < 1.29 is 4.79 Å². The number of fused-ring (bicyclic) bond motifs is 1. The first-order chi connectivity index (χ1) is 9.75.